The molecule has 1 saturated heterocycles. The molecule has 1 aromatic rings. The summed E-state index contributed by atoms with van der Waals surface area (Å²) in [5.41, 5.74) is 0.755. The Bertz CT molecular complexity index is 889. The molecule has 2 aliphatic rings. The Morgan fingerprint density at radius 2 is 1.88 bits per heavy atom. The van der Waals surface area contributed by atoms with Crippen LogP contribution in [-0.2, 0) is 19.7 Å². The van der Waals surface area contributed by atoms with E-state index in [-0.39, 0.29) is 30.5 Å². The number of nitrogens with one attached hydrogen (secondary N) is 1. The number of carbonyl (C=O) groups excluding carboxylic acids is 1. The van der Waals surface area contributed by atoms with Crippen LogP contribution < -0.4 is 4.72 Å². The van der Waals surface area contributed by atoms with Gasteiger partial charge < -0.3 is 9.47 Å². The van der Waals surface area contributed by atoms with Crippen LogP contribution in [-0.4, -0.2) is 75.8 Å². The van der Waals surface area contributed by atoms with E-state index in [4.69, 9.17) is 9.47 Å². The topological polar surface area (TPSA) is 88.2 Å². The standard InChI is InChI=1S/C22H34FN3O5S/c1-15-13-20(24-32(28,29)25(2)3)21(26(15)22(27)30-4)14-31-17-11-9-16(10-12-17)18-7-5-6-8-19(18)23/h5-8,15-17,20-21,24H,9-14H2,1-4H3/t15-,16?,17?,20+,21+/m1/s1. The predicted octanol–water partition coefficient (Wildman–Crippen LogP) is 2.86. The van der Waals surface area contributed by atoms with E-state index in [1.807, 2.05) is 19.1 Å². The third-order valence-electron chi connectivity index (χ3n) is 6.58. The van der Waals surface area contributed by atoms with Gasteiger partial charge in [0.15, 0.2) is 0 Å². The molecule has 3 atom stereocenters. The van der Waals surface area contributed by atoms with Gasteiger partial charge in [-0.2, -0.15) is 17.4 Å². The van der Waals surface area contributed by atoms with Crippen molar-refractivity contribution in [3.63, 3.8) is 0 Å². The quantitative estimate of drug-likeness (QED) is 0.661. The normalized spacial score (nSPS) is 28.8. The maximum atomic E-state index is 14.1. The molecule has 32 heavy (non-hydrogen) atoms. The average Bonchev–Trinajstić information content (AvgIpc) is 3.06. The maximum Gasteiger partial charge on any atom is 0.410 e. The number of nitrogens with zero attached hydrogens (tertiary/aromatic N) is 2. The fourth-order valence-electron chi connectivity index (χ4n) is 4.78. The lowest BCUT2D eigenvalue weighted by atomic mass is 9.82. The summed E-state index contributed by atoms with van der Waals surface area (Å²) in [6, 6.07) is 5.75. The van der Waals surface area contributed by atoms with Crippen LogP contribution in [0.4, 0.5) is 9.18 Å². The number of hydrogen-bond donors (Lipinski definition) is 1. The molecule has 180 valence electrons. The molecule has 8 nitrogen and oxygen atoms in total. The lowest BCUT2D eigenvalue weighted by Gasteiger charge is -2.33. The smallest absolute Gasteiger partial charge is 0.410 e. The zero-order valence-electron chi connectivity index (χ0n) is 19.2. The van der Waals surface area contributed by atoms with Crippen molar-refractivity contribution in [2.24, 2.45) is 0 Å². The van der Waals surface area contributed by atoms with Crippen molar-refractivity contribution >= 4 is 16.3 Å². The molecule has 1 amide bonds. The van der Waals surface area contributed by atoms with E-state index in [0.29, 0.717) is 6.42 Å². The molecule has 0 spiro atoms. The fraction of sp³-hybridized carbons (Fsp3) is 0.682. The number of amides is 1. The van der Waals surface area contributed by atoms with Gasteiger partial charge in [-0.1, -0.05) is 18.2 Å². The zero-order chi connectivity index (χ0) is 23.5. The monoisotopic (exact) mass is 471 g/mol. The highest BCUT2D eigenvalue weighted by Gasteiger charge is 2.44. The Labute approximate surface area is 190 Å². The van der Waals surface area contributed by atoms with E-state index >= 15 is 0 Å². The van der Waals surface area contributed by atoms with Gasteiger partial charge in [0.25, 0.3) is 10.2 Å². The van der Waals surface area contributed by atoms with Crippen molar-refractivity contribution in [2.75, 3.05) is 27.8 Å². The molecule has 1 heterocycles. The number of ether oxygens (including phenoxy) is 2. The second kappa shape index (κ2) is 10.5. The van der Waals surface area contributed by atoms with Crippen LogP contribution in [0.1, 0.15) is 50.5 Å². The molecule has 1 aliphatic heterocycles. The first kappa shape index (κ1) is 24.9. The molecule has 0 aromatic heterocycles. The van der Waals surface area contributed by atoms with Crippen molar-refractivity contribution in [1.82, 2.24) is 13.9 Å². The highest BCUT2D eigenvalue weighted by Crippen LogP contribution is 2.36. The lowest BCUT2D eigenvalue weighted by Crippen LogP contribution is -2.52. The Morgan fingerprint density at radius 3 is 2.47 bits per heavy atom. The van der Waals surface area contributed by atoms with Crippen molar-refractivity contribution < 1.29 is 27.1 Å². The van der Waals surface area contributed by atoms with Gasteiger partial charge >= 0.3 is 6.09 Å². The largest absolute Gasteiger partial charge is 0.453 e. The van der Waals surface area contributed by atoms with Gasteiger partial charge in [0, 0.05) is 26.2 Å². The molecule has 1 aromatic carbocycles. The van der Waals surface area contributed by atoms with Crippen LogP contribution in [0.15, 0.2) is 24.3 Å². The third kappa shape index (κ3) is 5.59. The maximum absolute atomic E-state index is 14.1. The minimum absolute atomic E-state index is 0.0143. The van der Waals surface area contributed by atoms with Crippen molar-refractivity contribution in [1.29, 1.82) is 0 Å². The molecule has 1 N–H and O–H groups in total. The van der Waals surface area contributed by atoms with Crippen LogP contribution in [0.5, 0.6) is 0 Å². The summed E-state index contributed by atoms with van der Waals surface area (Å²) in [7, 11) is 0.562. The van der Waals surface area contributed by atoms with E-state index in [1.54, 1.807) is 11.0 Å². The number of rotatable bonds is 7. The van der Waals surface area contributed by atoms with Gasteiger partial charge in [-0.3, -0.25) is 4.90 Å². The van der Waals surface area contributed by atoms with E-state index in [1.165, 1.54) is 27.3 Å². The number of likely N-dealkylation sites (tertiary alicyclic amines) is 1. The summed E-state index contributed by atoms with van der Waals surface area (Å²) in [4.78, 5) is 14.0. The number of halogens is 1. The van der Waals surface area contributed by atoms with E-state index in [0.717, 1.165) is 35.6 Å². The molecule has 1 saturated carbocycles. The highest BCUT2D eigenvalue weighted by atomic mass is 32.2. The lowest BCUT2D eigenvalue weighted by molar-refractivity contribution is -0.00877. The molecule has 0 radical (unpaired) electrons. The molecule has 1 aliphatic carbocycles. The van der Waals surface area contributed by atoms with Crippen LogP contribution >= 0.6 is 0 Å². The highest BCUT2D eigenvalue weighted by molar-refractivity contribution is 7.87. The number of benzene rings is 1. The van der Waals surface area contributed by atoms with Crippen molar-refractivity contribution in [2.45, 2.75) is 69.2 Å². The number of carbonyl (C=O) groups is 1. The second-order valence-electron chi connectivity index (χ2n) is 8.87. The van der Waals surface area contributed by atoms with Crippen LogP contribution in [0.3, 0.4) is 0 Å². The van der Waals surface area contributed by atoms with E-state index < -0.39 is 28.4 Å². The minimum Gasteiger partial charge on any atom is -0.453 e. The van der Waals surface area contributed by atoms with Gasteiger partial charge in [0.05, 0.1) is 25.9 Å². The molecule has 2 fully saturated rings. The van der Waals surface area contributed by atoms with E-state index in [2.05, 4.69) is 4.72 Å². The summed E-state index contributed by atoms with van der Waals surface area (Å²) in [5.74, 6) is 0.00955. The summed E-state index contributed by atoms with van der Waals surface area (Å²) in [5, 5.41) is 0. The molecule has 10 heteroatoms. The summed E-state index contributed by atoms with van der Waals surface area (Å²) >= 11 is 0. The van der Waals surface area contributed by atoms with Crippen molar-refractivity contribution in [3.8, 4) is 0 Å². The van der Waals surface area contributed by atoms with Gasteiger partial charge in [-0.25, -0.2) is 9.18 Å². The first-order valence-corrected chi connectivity index (χ1v) is 12.5. The molecular weight excluding hydrogens is 437 g/mol. The Kier molecular flexibility index (Phi) is 8.13. The van der Waals surface area contributed by atoms with Gasteiger partial charge in [0.1, 0.15) is 5.82 Å². The van der Waals surface area contributed by atoms with Crippen LogP contribution in [0.2, 0.25) is 0 Å². The Balaban J connectivity index is 1.63. The SMILES string of the molecule is COC(=O)N1[C@H](C)C[C@H](NS(=O)(=O)N(C)C)[C@@H]1COC1CCC(c2ccccc2F)CC1. The average molecular weight is 472 g/mol. The fourth-order valence-corrected chi connectivity index (χ4v) is 5.63. The van der Waals surface area contributed by atoms with Crippen LogP contribution in [0.25, 0.3) is 0 Å². The second-order valence-corrected chi connectivity index (χ2v) is 10.8. The minimum atomic E-state index is -3.67. The third-order valence-corrected chi connectivity index (χ3v) is 8.14. The summed E-state index contributed by atoms with van der Waals surface area (Å²) in [6.45, 7) is 2.07. The first-order chi connectivity index (χ1) is 15.1. The molecular formula is C22H34FN3O5S. The van der Waals surface area contributed by atoms with Crippen LogP contribution in [0, 0.1) is 5.82 Å². The number of hydrogen-bond acceptors (Lipinski definition) is 5. The first-order valence-electron chi connectivity index (χ1n) is 11.1. The Hall–Kier alpha value is -1.75. The van der Waals surface area contributed by atoms with Gasteiger partial charge in [-0.05, 0) is 56.6 Å². The number of methoxy groups -OCH3 is 1. The van der Waals surface area contributed by atoms with E-state index in [9.17, 15) is 17.6 Å². The predicted molar refractivity (Wildman–Crippen MR) is 119 cm³/mol. The summed E-state index contributed by atoms with van der Waals surface area (Å²) < 4.78 is 53.8. The zero-order valence-corrected chi connectivity index (χ0v) is 20.0. The Morgan fingerprint density at radius 1 is 1.22 bits per heavy atom. The molecule has 0 unspecified atom stereocenters. The van der Waals surface area contributed by atoms with Gasteiger partial charge in [-0.15, -0.1) is 0 Å². The summed E-state index contributed by atoms with van der Waals surface area (Å²) in [6.07, 6.45) is 3.17. The molecule has 3 rings (SSSR count). The van der Waals surface area contributed by atoms with Gasteiger partial charge in [0.2, 0.25) is 0 Å². The molecule has 0 bridgehead atoms. The van der Waals surface area contributed by atoms with Crippen molar-refractivity contribution in [3.05, 3.63) is 35.6 Å².